The van der Waals surface area contributed by atoms with Gasteiger partial charge in [0, 0.05) is 55.6 Å². The van der Waals surface area contributed by atoms with Crippen molar-refractivity contribution in [3.8, 4) is 0 Å². The number of nitrogens with zero attached hydrogens (tertiary/aromatic N) is 1. The summed E-state index contributed by atoms with van der Waals surface area (Å²) in [6.07, 6.45) is 13.9. The molecule has 0 saturated heterocycles. The van der Waals surface area contributed by atoms with Crippen molar-refractivity contribution in [2.24, 2.45) is 41.4 Å². The van der Waals surface area contributed by atoms with Gasteiger partial charge in [0.1, 0.15) is 23.0 Å². The third kappa shape index (κ3) is 12.5. The summed E-state index contributed by atoms with van der Waals surface area (Å²) in [4.78, 5) is 107. The molecule has 77 heavy (non-hydrogen) atoms. The van der Waals surface area contributed by atoms with Gasteiger partial charge >= 0.3 is 6.09 Å². The molecule has 7 amide bonds. The molecule has 7 N–H and O–H groups in total. The molecule has 2 aliphatic heterocycles. The quantitative estimate of drug-likeness (QED) is 0.174. The van der Waals surface area contributed by atoms with E-state index in [2.05, 4.69) is 30.7 Å². The predicted molar refractivity (Wildman–Crippen MR) is 282 cm³/mol. The van der Waals surface area contributed by atoms with Gasteiger partial charge in [-0.15, -0.1) is 0 Å². The Hall–Kier alpha value is -5.68. The Morgan fingerprint density at radius 1 is 0.727 bits per heavy atom. The van der Waals surface area contributed by atoms with Gasteiger partial charge in [0.2, 0.25) is 37.8 Å². The number of hydrogen-bond donors (Lipinski definition) is 7. The van der Waals surface area contributed by atoms with Crippen molar-refractivity contribution in [3.63, 3.8) is 0 Å². The molecule has 6 aliphatic carbocycles. The Balaban J connectivity index is 0.000000216. The Morgan fingerprint density at radius 2 is 1.25 bits per heavy atom. The molecule has 422 valence electrons. The van der Waals surface area contributed by atoms with Crippen LogP contribution in [0.4, 0.5) is 10.5 Å². The van der Waals surface area contributed by atoms with Crippen LogP contribution < -0.4 is 30.7 Å². The van der Waals surface area contributed by atoms with Crippen LogP contribution in [0.1, 0.15) is 140 Å². The van der Waals surface area contributed by atoms with Crippen LogP contribution in [0.2, 0.25) is 0 Å². The molecule has 9 rings (SSSR count). The highest BCUT2D eigenvalue weighted by Crippen LogP contribution is 2.50. The first-order valence-electron chi connectivity index (χ1n) is 27.1. The molecule has 6 saturated carbocycles. The average molecular weight is 1110 g/mol. The Kier molecular flexibility index (Phi) is 16.6. The fraction of sp³-hybridized carbons (Fsp3) is 0.667. The van der Waals surface area contributed by atoms with Crippen molar-refractivity contribution in [2.75, 3.05) is 26.0 Å². The van der Waals surface area contributed by atoms with E-state index in [0.717, 1.165) is 38.5 Å². The first kappa shape index (κ1) is 57.5. The van der Waals surface area contributed by atoms with Gasteiger partial charge < -0.3 is 30.7 Å². The normalized spacial score (nSPS) is 34.3. The minimum Gasteiger partial charge on any atom is -0.446 e. The molecule has 1 unspecified atom stereocenters. The smallest absolute Gasteiger partial charge is 0.411 e. The van der Waals surface area contributed by atoms with E-state index in [1.54, 1.807) is 44.0 Å². The van der Waals surface area contributed by atoms with Crippen LogP contribution in [0.15, 0.2) is 48.6 Å². The second-order valence-corrected chi connectivity index (χ2v) is 27.7. The number of amides is 7. The zero-order chi connectivity index (χ0) is 55.9. The van der Waals surface area contributed by atoms with E-state index in [1.165, 1.54) is 13.1 Å². The fourth-order valence-corrected chi connectivity index (χ4v) is 14.0. The molecule has 0 bridgehead atoms. The third-order valence-electron chi connectivity index (χ3n) is 17.4. The number of sulfonamides is 2. The van der Waals surface area contributed by atoms with Crippen molar-refractivity contribution < 1.29 is 65.0 Å². The van der Waals surface area contributed by atoms with Gasteiger partial charge in [-0.05, 0) is 135 Å². The van der Waals surface area contributed by atoms with Crippen molar-refractivity contribution in [3.05, 3.63) is 54.1 Å². The van der Waals surface area contributed by atoms with Crippen LogP contribution in [0.3, 0.4) is 0 Å². The molecule has 0 radical (unpaired) electrons. The molecule has 6 fully saturated rings. The van der Waals surface area contributed by atoms with E-state index < -0.39 is 106 Å². The highest BCUT2D eigenvalue weighted by molar-refractivity contribution is 7.92. The summed E-state index contributed by atoms with van der Waals surface area (Å²) in [7, 11) is -4.57. The highest BCUT2D eigenvalue weighted by atomic mass is 32.2. The van der Waals surface area contributed by atoms with Gasteiger partial charge in [-0.2, -0.15) is 0 Å². The Labute approximate surface area is 450 Å². The topological polar surface area (TPSA) is 310 Å². The number of benzene rings is 1. The predicted octanol–water partition coefficient (Wildman–Crippen LogP) is 3.64. The molecule has 23 heteroatoms. The molecule has 1 aromatic rings. The summed E-state index contributed by atoms with van der Waals surface area (Å²) in [5.74, 6) is -7.12. The lowest BCUT2D eigenvalue weighted by atomic mass is 9.83. The van der Waals surface area contributed by atoms with E-state index in [0.29, 0.717) is 56.3 Å². The number of rotatable bonds is 9. The molecular formula is C54H75N7O14S2. The average Bonchev–Trinajstić information content (AvgIpc) is 4.48. The van der Waals surface area contributed by atoms with Crippen LogP contribution in [-0.2, 0) is 53.6 Å². The zero-order valence-electron chi connectivity index (χ0n) is 44.6. The molecule has 0 spiro atoms. The fourth-order valence-electron chi connectivity index (χ4n) is 11.3. The van der Waals surface area contributed by atoms with Crippen molar-refractivity contribution >= 4 is 73.1 Å². The van der Waals surface area contributed by atoms with Gasteiger partial charge in [0.05, 0.1) is 33.4 Å². The number of hydrogen-bond acceptors (Lipinski definition) is 14. The van der Waals surface area contributed by atoms with Crippen LogP contribution in [0.5, 0.6) is 0 Å². The van der Waals surface area contributed by atoms with Gasteiger partial charge in [-0.25, -0.2) is 21.6 Å². The summed E-state index contributed by atoms with van der Waals surface area (Å²) in [6.45, 7) is 5.61. The van der Waals surface area contributed by atoms with Crippen LogP contribution in [0, 0.1) is 41.4 Å². The van der Waals surface area contributed by atoms with E-state index in [9.17, 15) is 60.3 Å². The maximum atomic E-state index is 13.9. The molecule has 1 aromatic carbocycles. The molecule has 8 aliphatic rings. The largest absolute Gasteiger partial charge is 0.446 e. The Morgan fingerprint density at radius 3 is 1.79 bits per heavy atom. The lowest BCUT2D eigenvalue weighted by molar-refractivity contribution is -0.140. The number of carbonyl (C=O) groups is 8. The Bertz CT molecular complexity index is 2830. The van der Waals surface area contributed by atoms with Gasteiger partial charge in [-0.1, -0.05) is 43.7 Å². The molecule has 2 heterocycles. The SMILES string of the molecule is CN1CCCC/C=C\[C@@H]2C[C@@]2(C(=O)NS(=O)(=O)C2(C)CC2)NC(=O)[C@@H]2C[C@@H](O)C[C@H]2C1=O.CNC(=O)c1cccc(NC(=O)O[C@@H]2C[C@H]3C(=O)N[C@]4(C(=O)NS(=O)(=O)C5(C)CC5)C[C@H]4/C=C\CCCCC(C)C(=O)[C@@H]3C2)c1. The van der Waals surface area contributed by atoms with E-state index in [4.69, 9.17) is 4.74 Å². The lowest BCUT2D eigenvalue weighted by Gasteiger charge is -2.27. The standard InChI is InChI=1S/C32H42N4O8S.C22H33N3O6S/c1-19-9-6-4-5-7-11-21-18-32(21,29(40)36-45(42,43)31(2)13-14-31)35-28(39)25-17-23(16-24(25)26(19)37)44-30(41)34-22-12-8-10-20(15-22)27(38)33-3;1-21(8-9-21)32(30,31)24-20(29)22-13-14(22)7-5-3-4-6-10-25(2)19(28)17-12-15(26)11-16(17)18(27)23-22/h7-8,10-12,15,19,21,23-25H,4-6,9,13-14,16-18H2,1-3H3,(H,33,38)(H,34,41)(H,35,39)(H,36,40);5,7,14-17,26H,3-4,6,8-13H2,1-2H3,(H,23,27)(H,24,29)/b11-7-;7-5-/t19?,21-,23+,24-,25-,32-;14-,15-,16-,17-,22-/m11/s1. The number of fused-ring (bicyclic) bond motifs is 4. The molecule has 0 aromatic heterocycles. The maximum Gasteiger partial charge on any atom is 0.411 e. The van der Waals surface area contributed by atoms with Crippen LogP contribution >= 0.6 is 0 Å². The van der Waals surface area contributed by atoms with Crippen molar-refractivity contribution in [2.45, 2.75) is 163 Å². The van der Waals surface area contributed by atoms with E-state index in [-0.39, 0.29) is 67.5 Å². The minimum absolute atomic E-state index is 0.0647. The summed E-state index contributed by atoms with van der Waals surface area (Å²) in [6, 6.07) is 6.32. The maximum absolute atomic E-state index is 13.9. The number of ketones is 1. The number of aliphatic hydroxyl groups excluding tert-OH is 1. The van der Waals surface area contributed by atoms with Crippen molar-refractivity contribution in [1.82, 2.24) is 30.3 Å². The van der Waals surface area contributed by atoms with E-state index >= 15 is 0 Å². The summed E-state index contributed by atoms with van der Waals surface area (Å²) < 4.78 is 59.2. The summed E-state index contributed by atoms with van der Waals surface area (Å²) in [5, 5.41) is 21.0. The molecule has 21 nitrogen and oxygen atoms in total. The second kappa shape index (κ2) is 22.2. The first-order valence-corrected chi connectivity index (χ1v) is 30.1. The van der Waals surface area contributed by atoms with Crippen LogP contribution in [0.25, 0.3) is 0 Å². The highest BCUT2D eigenvalue weighted by Gasteiger charge is 2.65. The minimum atomic E-state index is -3.93. The number of carbonyl (C=O) groups excluding carboxylic acids is 8. The summed E-state index contributed by atoms with van der Waals surface area (Å²) >= 11 is 0. The van der Waals surface area contributed by atoms with Crippen molar-refractivity contribution in [1.29, 1.82) is 0 Å². The van der Waals surface area contributed by atoms with Gasteiger partial charge in [0.15, 0.2) is 0 Å². The summed E-state index contributed by atoms with van der Waals surface area (Å²) in [5.41, 5.74) is -2.09. The number of aliphatic hydroxyl groups is 1. The first-order chi connectivity index (χ1) is 36.3. The molecule has 11 atom stereocenters. The number of anilines is 1. The number of nitrogens with one attached hydrogen (secondary N) is 6. The third-order valence-corrected chi connectivity index (χ3v) is 21.8. The monoisotopic (exact) mass is 1110 g/mol. The van der Waals surface area contributed by atoms with Crippen LogP contribution in [-0.4, -0.2) is 128 Å². The van der Waals surface area contributed by atoms with E-state index in [1.807, 2.05) is 31.2 Å². The van der Waals surface area contributed by atoms with Gasteiger partial charge in [0.25, 0.3) is 17.7 Å². The number of allylic oxidation sites excluding steroid dienone is 2. The lowest BCUT2D eigenvalue weighted by Crippen LogP contribution is -2.55. The zero-order valence-corrected chi connectivity index (χ0v) is 46.2. The number of ether oxygens (including phenoxy) is 1. The van der Waals surface area contributed by atoms with Gasteiger partial charge in [-0.3, -0.25) is 48.3 Å². The number of Topliss-reactive ketones (excluding diaryl/α,β-unsaturated/α-hetero) is 1. The second-order valence-electron chi connectivity index (χ2n) is 23.3. The molecular weight excluding hydrogens is 1030 g/mol.